The predicted molar refractivity (Wildman–Crippen MR) is 57.8 cm³/mol. The molecule has 1 aromatic rings. The highest BCUT2D eigenvalue weighted by molar-refractivity contribution is 5.39. The van der Waals surface area contributed by atoms with Crippen LogP contribution in [0.1, 0.15) is 18.1 Å². The fourth-order valence-corrected chi connectivity index (χ4v) is 1.90. The number of likely N-dealkylation sites (N-methyl/N-ethyl adjacent to an activating group) is 1. The van der Waals surface area contributed by atoms with Crippen molar-refractivity contribution < 1.29 is 4.74 Å². The SMILES string of the molecule is CCNC1COc2cc(C)ccc2C1. The molecule has 14 heavy (non-hydrogen) atoms. The van der Waals surface area contributed by atoms with Gasteiger partial charge in [0.1, 0.15) is 12.4 Å². The van der Waals surface area contributed by atoms with Gasteiger partial charge in [0.25, 0.3) is 0 Å². The van der Waals surface area contributed by atoms with Crippen molar-refractivity contribution in [3.63, 3.8) is 0 Å². The highest BCUT2D eigenvalue weighted by Gasteiger charge is 2.18. The second-order valence-corrected chi connectivity index (χ2v) is 3.88. The lowest BCUT2D eigenvalue weighted by molar-refractivity contribution is 0.240. The van der Waals surface area contributed by atoms with E-state index in [9.17, 15) is 0 Å². The minimum absolute atomic E-state index is 0.482. The van der Waals surface area contributed by atoms with Gasteiger partial charge < -0.3 is 10.1 Å². The maximum Gasteiger partial charge on any atom is 0.122 e. The van der Waals surface area contributed by atoms with Crippen LogP contribution in [0.25, 0.3) is 0 Å². The van der Waals surface area contributed by atoms with Gasteiger partial charge in [-0.05, 0) is 37.1 Å². The summed E-state index contributed by atoms with van der Waals surface area (Å²) in [6, 6.07) is 6.93. The van der Waals surface area contributed by atoms with E-state index in [1.54, 1.807) is 0 Å². The molecule has 1 aliphatic heterocycles. The van der Waals surface area contributed by atoms with Crippen LogP contribution in [0.2, 0.25) is 0 Å². The summed E-state index contributed by atoms with van der Waals surface area (Å²) in [6.07, 6.45) is 1.09. The Bertz CT molecular complexity index is 322. The lowest BCUT2D eigenvalue weighted by atomic mass is 10.0. The third-order valence-corrected chi connectivity index (χ3v) is 2.62. The van der Waals surface area contributed by atoms with Crippen molar-refractivity contribution in [2.75, 3.05) is 13.2 Å². The zero-order valence-electron chi connectivity index (χ0n) is 8.84. The molecule has 0 aromatic heterocycles. The molecule has 0 aliphatic carbocycles. The van der Waals surface area contributed by atoms with Crippen molar-refractivity contribution in [2.45, 2.75) is 26.3 Å². The third-order valence-electron chi connectivity index (χ3n) is 2.62. The number of hydrogen-bond acceptors (Lipinski definition) is 2. The number of fused-ring (bicyclic) bond motifs is 1. The molecule has 1 heterocycles. The highest BCUT2D eigenvalue weighted by atomic mass is 16.5. The van der Waals surface area contributed by atoms with E-state index in [0.29, 0.717) is 6.04 Å². The Hall–Kier alpha value is -1.02. The van der Waals surface area contributed by atoms with Gasteiger partial charge in [0.2, 0.25) is 0 Å². The van der Waals surface area contributed by atoms with Crippen molar-refractivity contribution in [3.8, 4) is 5.75 Å². The van der Waals surface area contributed by atoms with Gasteiger partial charge in [-0.25, -0.2) is 0 Å². The Kier molecular flexibility index (Phi) is 2.73. The second-order valence-electron chi connectivity index (χ2n) is 3.88. The standard InChI is InChI=1S/C12H17NO/c1-3-13-11-7-10-5-4-9(2)6-12(10)14-8-11/h4-6,11,13H,3,7-8H2,1-2H3. The molecule has 0 amide bonds. The smallest absolute Gasteiger partial charge is 0.122 e. The quantitative estimate of drug-likeness (QED) is 0.771. The number of benzene rings is 1. The largest absolute Gasteiger partial charge is 0.492 e. The van der Waals surface area contributed by atoms with Crippen molar-refractivity contribution in [3.05, 3.63) is 29.3 Å². The van der Waals surface area contributed by atoms with Gasteiger partial charge in [0.05, 0.1) is 0 Å². The summed E-state index contributed by atoms with van der Waals surface area (Å²) < 4.78 is 5.71. The van der Waals surface area contributed by atoms with Gasteiger partial charge in [0.15, 0.2) is 0 Å². The lowest BCUT2D eigenvalue weighted by Crippen LogP contribution is -2.39. The van der Waals surface area contributed by atoms with E-state index in [0.717, 1.165) is 25.3 Å². The molecule has 1 aromatic carbocycles. The van der Waals surface area contributed by atoms with E-state index in [1.807, 2.05) is 0 Å². The lowest BCUT2D eigenvalue weighted by Gasteiger charge is -2.26. The topological polar surface area (TPSA) is 21.3 Å². The summed E-state index contributed by atoms with van der Waals surface area (Å²) in [7, 11) is 0. The van der Waals surface area contributed by atoms with Crippen LogP contribution in [-0.2, 0) is 6.42 Å². The van der Waals surface area contributed by atoms with E-state index in [1.165, 1.54) is 11.1 Å². The fraction of sp³-hybridized carbons (Fsp3) is 0.500. The summed E-state index contributed by atoms with van der Waals surface area (Å²) in [4.78, 5) is 0. The summed E-state index contributed by atoms with van der Waals surface area (Å²) in [5.41, 5.74) is 2.60. The minimum atomic E-state index is 0.482. The van der Waals surface area contributed by atoms with Crippen LogP contribution in [0.3, 0.4) is 0 Å². The number of rotatable bonds is 2. The van der Waals surface area contributed by atoms with E-state index in [2.05, 4.69) is 37.4 Å². The van der Waals surface area contributed by atoms with Gasteiger partial charge >= 0.3 is 0 Å². The van der Waals surface area contributed by atoms with Crippen LogP contribution in [-0.4, -0.2) is 19.2 Å². The molecule has 0 spiro atoms. The first kappa shape index (κ1) is 9.53. The molecule has 0 fully saturated rings. The van der Waals surface area contributed by atoms with E-state index in [-0.39, 0.29) is 0 Å². The molecule has 2 heteroatoms. The number of ether oxygens (including phenoxy) is 1. The molecule has 2 rings (SSSR count). The molecule has 76 valence electrons. The van der Waals surface area contributed by atoms with Crippen LogP contribution in [0.5, 0.6) is 5.75 Å². The normalized spacial score (nSPS) is 20.0. The van der Waals surface area contributed by atoms with E-state index in [4.69, 9.17) is 4.74 Å². The predicted octanol–water partition coefficient (Wildman–Crippen LogP) is 1.91. The molecular weight excluding hydrogens is 174 g/mol. The molecule has 0 saturated heterocycles. The summed E-state index contributed by atoms with van der Waals surface area (Å²) in [6.45, 7) is 6.03. The van der Waals surface area contributed by atoms with Crippen molar-refractivity contribution in [1.82, 2.24) is 5.32 Å². The van der Waals surface area contributed by atoms with Crippen LogP contribution >= 0.6 is 0 Å². The molecule has 0 bridgehead atoms. The van der Waals surface area contributed by atoms with Crippen molar-refractivity contribution in [1.29, 1.82) is 0 Å². The van der Waals surface area contributed by atoms with Gasteiger partial charge in [-0.15, -0.1) is 0 Å². The molecule has 0 radical (unpaired) electrons. The summed E-state index contributed by atoms with van der Waals surface area (Å²) >= 11 is 0. The Balaban J connectivity index is 2.15. The zero-order chi connectivity index (χ0) is 9.97. The monoisotopic (exact) mass is 191 g/mol. The van der Waals surface area contributed by atoms with E-state index >= 15 is 0 Å². The third kappa shape index (κ3) is 1.90. The minimum Gasteiger partial charge on any atom is -0.492 e. The van der Waals surface area contributed by atoms with E-state index < -0.39 is 0 Å². The van der Waals surface area contributed by atoms with Gasteiger partial charge in [0, 0.05) is 6.04 Å². The first-order valence-corrected chi connectivity index (χ1v) is 5.25. The molecular formula is C12H17NO. The first-order chi connectivity index (χ1) is 6.79. The Morgan fingerprint density at radius 3 is 3.14 bits per heavy atom. The average Bonchev–Trinajstić information content (AvgIpc) is 2.19. The van der Waals surface area contributed by atoms with Crippen LogP contribution in [0, 0.1) is 6.92 Å². The van der Waals surface area contributed by atoms with Crippen LogP contribution in [0.15, 0.2) is 18.2 Å². The summed E-state index contributed by atoms with van der Waals surface area (Å²) in [5, 5.41) is 3.41. The second kappa shape index (κ2) is 4.01. The molecule has 2 nitrogen and oxygen atoms in total. The summed E-state index contributed by atoms with van der Waals surface area (Å²) in [5.74, 6) is 1.07. The molecule has 1 unspecified atom stereocenters. The number of hydrogen-bond donors (Lipinski definition) is 1. The number of aryl methyl sites for hydroxylation is 1. The average molecular weight is 191 g/mol. The molecule has 0 saturated carbocycles. The Morgan fingerprint density at radius 2 is 2.36 bits per heavy atom. The maximum atomic E-state index is 5.71. The fourth-order valence-electron chi connectivity index (χ4n) is 1.90. The van der Waals surface area contributed by atoms with Gasteiger partial charge in [-0.1, -0.05) is 19.1 Å². The van der Waals surface area contributed by atoms with Gasteiger partial charge in [-0.3, -0.25) is 0 Å². The molecule has 1 N–H and O–H groups in total. The molecule has 1 atom stereocenters. The number of nitrogens with one attached hydrogen (secondary N) is 1. The first-order valence-electron chi connectivity index (χ1n) is 5.25. The highest BCUT2D eigenvalue weighted by Crippen LogP contribution is 2.25. The zero-order valence-corrected chi connectivity index (χ0v) is 8.84. The van der Waals surface area contributed by atoms with Crippen molar-refractivity contribution >= 4 is 0 Å². The maximum absolute atomic E-state index is 5.71. The molecule has 1 aliphatic rings. The van der Waals surface area contributed by atoms with Gasteiger partial charge in [-0.2, -0.15) is 0 Å². The van der Waals surface area contributed by atoms with Crippen LogP contribution in [0.4, 0.5) is 0 Å². The Morgan fingerprint density at radius 1 is 1.50 bits per heavy atom. The van der Waals surface area contributed by atoms with Crippen molar-refractivity contribution in [2.24, 2.45) is 0 Å². The Labute approximate surface area is 85.3 Å². The van der Waals surface area contributed by atoms with Crippen LogP contribution < -0.4 is 10.1 Å².